The molecule has 2 aromatic heterocycles. The van der Waals surface area contributed by atoms with Crippen molar-refractivity contribution in [2.24, 2.45) is 0 Å². The monoisotopic (exact) mass is 269 g/mol. The third-order valence-electron chi connectivity index (χ3n) is 3.14. The molecule has 3 aromatic rings. The third kappa shape index (κ3) is 2.17. The minimum absolute atomic E-state index is 0.429. The molecule has 0 fully saturated rings. The van der Waals surface area contributed by atoms with Gasteiger partial charge in [0.25, 0.3) is 0 Å². The summed E-state index contributed by atoms with van der Waals surface area (Å²) in [6, 6.07) is 9.95. The van der Waals surface area contributed by atoms with Gasteiger partial charge in [-0.15, -0.1) is 0 Å². The van der Waals surface area contributed by atoms with Gasteiger partial charge in [-0.1, -0.05) is 29.8 Å². The lowest BCUT2D eigenvalue weighted by molar-refractivity contribution is 1.05. The van der Waals surface area contributed by atoms with Gasteiger partial charge in [-0.05, 0) is 26.0 Å². The summed E-state index contributed by atoms with van der Waals surface area (Å²) in [7, 11) is 0. The van der Waals surface area contributed by atoms with Gasteiger partial charge in [-0.3, -0.25) is 4.98 Å². The Morgan fingerprint density at radius 3 is 2.63 bits per heavy atom. The molecular weight excluding hydrogens is 258 g/mol. The molecule has 0 amide bonds. The van der Waals surface area contributed by atoms with Crippen LogP contribution in [0, 0.1) is 13.8 Å². The van der Waals surface area contributed by atoms with E-state index in [0.29, 0.717) is 10.8 Å². The Bertz CT molecular complexity index is 768. The molecular formula is C15H12ClN3. The van der Waals surface area contributed by atoms with Crippen LogP contribution in [0.3, 0.4) is 0 Å². The summed E-state index contributed by atoms with van der Waals surface area (Å²) in [4.78, 5) is 13.2. The smallest absolute Gasteiger partial charge is 0.155 e. The highest BCUT2D eigenvalue weighted by atomic mass is 35.5. The van der Waals surface area contributed by atoms with E-state index >= 15 is 0 Å². The standard InChI is InChI=1S/C15H12ClN3/c1-9-10(2)19-15(16)14(18-9)12-6-5-11-4-3-7-17-13(11)8-12/h3-8H,1-2H3. The minimum Gasteiger partial charge on any atom is -0.256 e. The summed E-state index contributed by atoms with van der Waals surface area (Å²) in [5.74, 6) is 0. The van der Waals surface area contributed by atoms with Crippen LogP contribution in [0.4, 0.5) is 0 Å². The van der Waals surface area contributed by atoms with Gasteiger partial charge in [0, 0.05) is 17.1 Å². The van der Waals surface area contributed by atoms with Crippen LogP contribution in [-0.2, 0) is 0 Å². The van der Waals surface area contributed by atoms with Crippen LogP contribution in [0.2, 0.25) is 5.15 Å². The molecule has 1 aromatic carbocycles. The summed E-state index contributed by atoms with van der Waals surface area (Å²) in [5, 5.41) is 1.53. The van der Waals surface area contributed by atoms with E-state index in [-0.39, 0.29) is 0 Å². The van der Waals surface area contributed by atoms with Gasteiger partial charge in [0.05, 0.1) is 16.9 Å². The maximum Gasteiger partial charge on any atom is 0.155 e. The average Bonchev–Trinajstić information content (AvgIpc) is 2.42. The van der Waals surface area contributed by atoms with Crippen LogP contribution >= 0.6 is 11.6 Å². The molecule has 4 heteroatoms. The maximum absolute atomic E-state index is 6.19. The molecule has 19 heavy (non-hydrogen) atoms. The van der Waals surface area contributed by atoms with E-state index in [9.17, 15) is 0 Å². The predicted octanol–water partition coefficient (Wildman–Crippen LogP) is 3.96. The second-order valence-electron chi connectivity index (χ2n) is 4.44. The van der Waals surface area contributed by atoms with Gasteiger partial charge >= 0.3 is 0 Å². The lowest BCUT2D eigenvalue weighted by Crippen LogP contribution is -1.96. The first kappa shape index (κ1) is 12.1. The largest absolute Gasteiger partial charge is 0.256 e. The third-order valence-corrected chi connectivity index (χ3v) is 3.41. The minimum atomic E-state index is 0.429. The fourth-order valence-electron chi connectivity index (χ4n) is 1.97. The Morgan fingerprint density at radius 1 is 1.00 bits per heavy atom. The quantitative estimate of drug-likeness (QED) is 0.671. The van der Waals surface area contributed by atoms with E-state index < -0.39 is 0 Å². The summed E-state index contributed by atoms with van der Waals surface area (Å²) in [6.07, 6.45) is 1.78. The van der Waals surface area contributed by atoms with Crippen molar-refractivity contribution in [1.29, 1.82) is 0 Å². The highest BCUT2D eigenvalue weighted by molar-refractivity contribution is 6.31. The number of pyridine rings is 1. The van der Waals surface area contributed by atoms with Crippen molar-refractivity contribution in [2.75, 3.05) is 0 Å². The summed E-state index contributed by atoms with van der Waals surface area (Å²) < 4.78 is 0. The van der Waals surface area contributed by atoms with Gasteiger partial charge in [0.1, 0.15) is 5.69 Å². The number of fused-ring (bicyclic) bond motifs is 1. The van der Waals surface area contributed by atoms with Gasteiger partial charge in [-0.2, -0.15) is 0 Å². The van der Waals surface area contributed by atoms with E-state index in [1.807, 2.05) is 44.2 Å². The van der Waals surface area contributed by atoms with Crippen LogP contribution < -0.4 is 0 Å². The van der Waals surface area contributed by atoms with Crippen LogP contribution in [0.1, 0.15) is 11.4 Å². The lowest BCUT2D eigenvalue weighted by atomic mass is 10.1. The van der Waals surface area contributed by atoms with Crippen molar-refractivity contribution in [1.82, 2.24) is 15.0 Å². The van der Waals surface area contributed by atoms with Crippen LogP contribution in [-0.4, -0.2) is 15.0 Å². The number of aryl methyl sites for hydroxylation is 2. The zero-order valence-corrected chi connectivity index (χ0v) is 11.4. The summed E-state index contributed by atoms with van der Waals surface area (Å²) in [5.41, 5.74) is 4.31. The zero-order valence-electron chi connectivity index (χ0n) is 10.7. The van der Waals surface area contributed by atoms with Crippen LogP contribution in [0.25, 0.3) is 22.2 Å². The number of nitrogens with zero attached hydrogens (tertiary/aromatic N) is 3. The number of hydrogen-bond acceptors (Lipinski definition) is 3. The molecule has 0 saturated carbocycles. The Morgan fingerprint density at radius 2 is 1.79 bits per heavy atom. The number of benzene rings is 1. The van der Waals surface area contributed by atoms with Crippen molar-refractivity contribution >= 4 is 22.5 Å². The van der Waals surface area contributed by atoms with Crippen LogP contribution in [0.5, 0.6) is 0 Å². The average molecular weight is 270 g/mol. The van der Waals surface area contributed by atoms with E-state index in [1.165, 1.54) is 0 Å². The van der Waals surface area contributed by atoms with E-state index in [1.54, 1.807) is 6.20 Å². The number of rotatable bonds is 1. The molecule has 0 bridgehead atoms. The van der Waals surface area contributed by atoms with Crippen molar-refractivity contribution in [2.45, 2.75) is 13.8 Å². The van der Waals surface area contributed by atoms with Crippen molar-refractivity contribution in [3.8, 4) is 11.3 Å². The highest BCUT2D eigenvalue weighted by Gasteiger charge is 2.10. The first-order valence-corrected chi connectivity index (χ1v) is 6.39. The summed E-state index contributed by atoms with van der Waals surface area (Å²) in [6.45, 7) is 3.83. The molecule has 94 valence electrons. The Labute approximate surface area is 116 Å². The van der Waals surface area contributed by atoms with Crippen molar-refractivity contribution in [3.63, 3.8) is 0 Å². The zero-order chi connectivity index (χ0) is 13.4. The SMILES string of the molecule is Cc1nc(Cl)c(-c2ccc3cccnc3c2)nc1C. The normalized spacial score (nSPS) is 10.9. The topological polar surface area (TPSA) is 38.7 Å². The molecule has 0 atom stereocenters. The van der Waals surface area contributed by atoms with E-state index in [0.717, 1.165) is 27.9 Å². The van der Waals surface area contributed by atoms with Crippen molar-refractivity contribution < 1.29 is 0 Å². The van der Waals surface area contributed by atoms with Gasteiger partial charge < -0.3 is 0 Å². The van der Waals surface area contributed by atoms with Crippen molar-refractivity contribution in [3.05, 3.63) is 53.1 Å². The van der Waals surface area contributed by atoms with E-state index in [4.69, 9.17) is 11.6 Å². The first-order valence-electron chi connectivity index (χ1n) is 6.01. The summed E-state index contributed by atoms with van der Waals surface area (Å²) >= 11 is 6.19. The lowest BCUT2D eigenvalue weighted by Gasteiger charge is -2.07. The van der Waals surface area contributed by atoms with E-state index in [2.05, 4.69) is 15.0 Å². The Kier molecular flexibility index (Phi) is 2.91. The van der Waals surface area contributed by atoms with Gasteiger partial charge in [-0.25, -0.2) is 9.97 Å². The molecule has 0 spiro atoms. The fourth-order valence-corrected chi connectivity index (χ4v) is 2.25. The molecule has 0 radical (unpaired) electrons. The number of halogens is 1. The maximum atomic E-state index is 6.19. The fraction of sp³-hybridized carbons (Fsp3) is 0.133. The second-order valence-corrected chi connectivity index (χ2v) is 4.80. The highest BCUT2D eigenvalue weighted by Crippen LogP contribution is 2.27. The molecule has 0 aliphatic heterocycles. The first-order chi connectivity index (χ1) is 9.15. The van der Waals surface area contributed by atoms with Gasteiger partial charge in [0.2, 0.25) is 0 Å². The second kappa shape index (κ2) is 4.59. The molecule has 3 rings (SSSR count). The Hall–Kier alpha value is -2.00. The molecule has 2 heterocycles. The Balaban J connectivity index is 2.21. The molecule has 0 aliphatic carbocycles. The molecule has 0 N–H and O–H groups in total. The number of hydrogen-bond donors (Lipinski definition) is 0. The molecule has 0 unspecified atom stereocenters. The molecule has 3 nitrogen and oxygen atoms in total. The predicted molar refractivity (Wildman–Crippen MR) is 77.3 cm³/mol. The van der Waals surface area contributed by atoms with Gasteiger partial charge in [0.15, 0.2) is 5.15 Å². The molecule has 0 aliphatic rings. The van der Waals surface area contributed by atoms with Crippen LogP contribution in [0.15, 0.2) is 36.5 Å². The number of aromatic nitrogens is 3. The molecule has 0 saturated heterocycles.